The Kier molecular flexibility index (Phi) is 3.76. The molecule has 0 aliphatic rings. The molecule has 3 aromatic heterocycles. The van der Waals surface area contributed by atoms with Gasteiger partial charge in [0.2, 0.25) is 5.16 Å². The van der Waals surface area contributed by atoms with Crippen molar-refractivity contribution in [2.24, 2.45) is 0 Å². The van der Waals surface area contributed by atoms with Gasteiger partial charge in [-0.15, -0.1) is 10.2 Å². The summed E-state index contributed by atoms with van der Waals surface area (Å²) in [4.78, 5) is 8.44. The largest absolute Gasteiger partial charge is 0.453 e. The number of nitrogens with two attached hydrogens (primary N) is 1. The lowest BCUT2D eigenvalue weighted by atomic mass is 10.1. The minimum atomic E-state index is -4.70. The first kappa shape index (κ1) is 16.3. The van der Waals surface area contributed by atoms with E-state index in [-0.39, 0.29) is 5.16 Å². The molecule has 2 N–H and O–H groups in total. The summed E-state index contributed by atoms with van der Waals surface area (Å²) < 4.78 is 40.3. The maximum absolute atomic E-state index is 12.8. The third kappa shape index (κ3) is 2.83. The van der Waals surface area contributed by atoms with Crippen LogP contribution in [-0.4, -0.2) is 34.5 Å². The Morgan fingerprint density at radius 2 is 1.85 bits per heavy atom. The van der Waals surface area contributed by atoms with E-state index in [2.05, 4.69) is 25.3 Å². The van der Waals surface area contributed by atoms with Crippen LogP contribution in [0.4, 0.5) is 13.2 Å². The van der Waals surface area contributed by atoms with E-state index >= 15 is 0 Å². The average molecular weight is 378 g/mol. The van der Waals surface area contributed by atoms with Crippen LogP contribution < -0.4 is 5.84 Å². The van der Waals surface area contributed by atoms with Crippen LogP contribution >= 0.6 is 11.8 Å². The predicted molar refractivity (Wildman–Crippen MR) is 85.5 cm³/mol. The molecule has 26 heavy (non-hydrogen) atoms. The highest BCUT2D eigenvalue weighted by Crippen LogP contribution is 2.32. The van der Waals surface area contributed by atoms with Crippen LogP contribution in [-0.2, 0) is 6.18 Å². The van der Waals surface area contributed by atoms with Crippen molar-refractivity contribution in [1.29, 1.82) is 0 Å². The van der Waals surface area contributed by atoms with Gasteiger partial charge in [0.15, 0.2) is 0 Å². The Balaban J connectivity index is 1.80. The van der Waals surface area contributed by atoms with Gasteiger partial charge in [-0.3, -0.25) is 0 Å². The molecule has 0 aliphatic carbocycles. The zero-order valence-electron chi connectivity index (χ0n) is 12.8. The molecule has 3 heterocycles. The first-order valence-corrected chi connectivity index (χ1v) is 7.97. The summed E-state index contributed by atoms with van der Waals surface area (Å²) in [6, 6.07) is 11.0. The SMILES string of the molecule is Nn1c(Sc2cc(-c3ccccc3)nc3ncnn23)nnc1C(F)(F)F. The van der Waals surface area contributed by atoms with E-state index < -0.39 is 12.0 Å². The topological polar surface area (TPSA) is 99.8 Å². The highest BCUT2D eigenvalue weighted by Gasteiger charge is 2.38. The van der Waals surface area contributed by atoms with Crippen LogP contribution in [0.2, 0.25) is 0 Å². The first-order chi connectivity index (χ1) is 12.4. The van der Waals surface area contributed by atoms with Crippen molar-refractivity contribution in [3.8, 4) is 11.3 Å². The molecule has 0 saturated heterocycles. The molecule has 0 unspecified atom stereocenters. The molecule has 4 aromatic rings. The monoisotopic (exact) mass is 378 g/mol. The number of fused-ring (bicyclic) bond motifs is 1. The summed E-state index contributed by atoms with van der Waals surface area (Å²) in [6.07, 6.45) is -3.40. The molecule has 8 nitrogen and oxygen atoms in total. The number of aromatic nitrogens is 7. The Labute approximate surface area is 147 Å². The van der Waals surface area contributed by atoms with E-state index in [0.717, 1.165) is 17.3 Å². The lowest BCUT2D eigenvalue weighted by Crippen LogP contribution is -2.21. The Morgan fingerprint density at radius 3 is 2.54 bits per heavy atom. The lowest BCUT2D eigenvalue weighted by Gasteiger charge is -2.08. The predicted octanol–water partition coefficient (Wildman–Crippen LogP) is 2.27. The molecule has 12 heteroatoms. The number of halogens is 3. The van der Waals surface area contributed by atoms with Crippen LogP contribution in [0.1, 0.15) is 5.82 Å². The van der Waals surface area contributed by atoms with Gasteiger partial charge in [-0.2, -0.15) is 27.8 Å². The van der Waals surface area contributed by atoms with Crippen molar-refractivity contribution >= 4 is 17.5 Å². The molecule has 0 amide bonds. The van der Waals surface area contributed by atoms with E-state index in [1.54, 1.807) is 6.07 Å². The second kappa shape index (κ2) is 5.98. The van der Waals surface area contributed by atoms with Gasteiger partial charge in [-0.25, -0.2) is 9.66 Å². The van der Waals surface area contributed by atoms with E-state index in [0.29, 0.717) is 21.2 Å². The van der Waals surface area contributed by atoms with Crippen molar-refractivity contribution in [3.05, 3.63) is 48.5 Å². The minimum Gasteiger partial charge on any atom is -0.335 e. The van der Waals surface area contributed by atoms with Gasteiger partial charge in [0.05, 0.1) is 5.69 Å². The van der Waals surface area contributed by atoms with Crippen LogP contribution in [0.5, 0.6) is 0 Å². The van der Waals surface area contributed by atoms with Crippen molar-refractivity contribution in [2.45, 2.75) is 16.4 Å². The summed E-state index contributed by atoms with van der Waals surface area (Å²) in [5.74, 6) is 4.51. The summed E-state index contributed by atoms with van der Waals surface area (Å²) >= 11 is 0.879. The quantitative estimate of drug-likeness (QED) is 0.431. The highest BCUT2D eigenvalue weighted by atomic mass is 32.2. The van der Waals surface area contributed by atoms with Crippen LogP contribution in [0.15, 0.2) is 52.9 Å². The molecule has 0 fully saturated rings. The summed E-state index contributed by atoms with van der Waals surface area (Å²) in [6.45, 7) is 0. The molecule has 0 radical (unpaired) electrons. The van der Waals surface area contributed by atoms with Gasteiger partial charge < -0.3 is 5.84 Å². The average Bonchev–Trinajstić information content (AvgIpc) is 3.22. The number of nitrogen functional groups attached to an aromatic ring is 1. The van der Waals surface area contributed by atoms with Crippen molar-refractivity contribution in [3.63, 3.8) is 0 Å². The third-order valence-electron chi connectivity index (χ3n) is 3.40. The summed E-state index contributed by atoms with van der Waals surface area (Å²) in [7, 11) is 0. The van der Waals surface area contributed by atoms with Crippen LogP contribution in [0, 0.1) is 0 Å². The fourth-order valence-corrected chi connectivity index (χ4v) is 3.09. The van der Waals surface area contributed by atoms with Crippen molar-refractivity contribution in [2.75, 3.05) is 5.84 Å². The Hall–Kier alpha value is -3.15. The Morgan fingerprint density at radius 1 is 1.08 bits per heavy atom. The normalized spacial score (nSPS) is 12.0. The molecular formula is C14H9F3N8S. The molecule has 0 spiro atoms. The summed E-state index contributed by atoms with van der Waals surface area (Å²) in [5, 5.41) is 11.0. The van der Waals surface area contributed by atoms with E-state index in [4.69, 9.17) is 5.84 Å². The van der Waals surface area contributed by atoms with E-state index in [1.807, 2.05) is 30.3 Å². The van der Waals surface area contributed by atoms with Crippen molar-refractivity contribution < 1.29 is 13.2 Å². The van der Waals surface area contributed by atoms with Crippen molar-refractivity contribution in [1.82, 2.24) is 34.5 Å². The maximum atomic E-state index is 12.8. The maximum Gasteiger partial charge on any atom is 0.453 e. The number of hydrogen-bond donors (Lipinski definition) is 1. The number of benzene rings is 1. The number of nitrogens with zero attached hydrogens (tertiary/aromatic N) is 7. The van der Waals surface area contributed by atoms with E-state index in [1.165, 1.54) is 10.8 Å². The second-order valence-corrected chi connectivity index (χ2v) is 6.08. The Bertz CT molecular complexity index is 1070. The standard InChI is InChI=1S/C14H9F3N8S/c15-14(16,17)11-22-23-13(24(11)18)26-10-6-9(8-4-2-1-3-5-8)21-12-19-7-20-25(10)12/h1-7H,18H2. The second-order valence-electron chi connectivity index (χ2n) is 5.09. The fraction of sp³-hybridized carbons (Fsp3) is 0.0714. The molecule has 1 aromatic carbocycles. The fourth-order valence-electron chi connectivity index (χ4n) is 2.25. The minimum absolute atomic E-state index is 0.140. The molecule has 132 valence electrons. The van der Waals surface area contributed by atoms with Gasteiger partial charge >= 0.3 is 6.18 Å². The van der Waals surface area contributed by atoms with E-state index in [9.17, 15) is 13.2 Å². The molecule has 0 saturated carbocycles. The van der Waals surface area contributed by atoms with Gasteiger partial charge in [0.1, 0.15) is 11.4 Å². The zero-order chi connectivity index (χ0) is 18.3. The molecular weight excluding hydrogens is 369 g/mol. The van der Waals surface area contributed by atoms with Gasteiger partial charge in [-0.1, -0.05) is 30.3 Å². The smallest absolute Gasteiger partial charge is 0.335 e. The lowest BCUT2D eigenvalue weighted by molar-refractivity contribution is -0.146. The highest BCUT2D eigenvalue weighted by molar-refractivity contribution is 7.99. The van der Waals surface area contributed by atoms with Crippen LogP contribution in [0.25, 0.3) is 17.0 Å². The molecule has 0 atom stereocenters. The van der Waals surface area contributed by atoms with Gasteiger partial charge in [0, 0.05) is 5.56 Å². The van der Waals surface area contributed by atoms with Crippen LogP contribution in [0.3, 0.4) is 0 Å². The molecule has 0 aliphatic heterocycles. The first-order valence-electron chi connectivity index (χ1n) is 7.15. The molecule has 4 rings (SSSR count). The zero-order valence-corrected chi connectivity index (χ0v) is 13.6. The third-order valence-corrected chi connectivity index (χ3v) is 4.36. The molecule has 0 bridgehead atoms. The number of alkyl halides is 3. The summed E-state index contributed by atoms with van der Waals surface area (Å²) in [5.41, 5.74) is 1.41. The number of hydrogen-bond acceptors (Lipinski definition) is 7. The number of rotatable bonds is 3. The van der Waals surface area contributed by atoms with Gasteiger partial charge in [-0.05, 0) is 17.8 Å². The van der Waals surface area contributed by atoms with Gasteiger partial charge in [0.25, 0.3) is 11.6 Å².